The summed E-state index contributed by atoms with van der Waals surface area (Å²) in [6.45, 7) is 7.56. The highest BCUT2D eigenvalue weighted by atomic mass is 16.5. The molecule has 8 rings (SSSR count). The number of rotatable bonds is 12. The maximum atomic E-state index is 14.0. The molecular formula is C48H55N3O9. The highest BCUT2D eigenvalue weighted by Gasteiger charge is 2.73. The van der Waals surface area contributed by atoms with Crippen LogP contribution in [-0.2, 0) is 40.1 Å². The molecule has 0 bridgehead atoms. The number of anilines is 1. The molecule has 12 heteroatoms. The minimum atomic E-state index is -1.84. The molecule has 5 N–H and O–H groups in total. The molecule has 11 atom stereocenters. The molecule has 5 aliphatic rings. The lowest BCUT2D eigenvalue weighted by Gasteiger charge is -2.65. The van der Waals surface area contributed by atoms with E-state index >= 15 is 0 Å². The molecule has 4 saturated carbocycles. The van der Waals surface area contributed by atoms with Crippen LogP contribution in [0.1, 0.15) is 83.3 Å². The average molecular weight is 818 g/mol. The standard InChI is InChI=1S/C48H55N3O9/c1-27-19-39-38-12-10-32-21-34(52)13-16-45(32,2)47(38,4)40(53)23-46(39,3)48(27,58)41(54)26-60-44(57)37-22-36(37)43(56)59-25-28-5-7-29(8-6-28)35(14-17-49)42(55)51-33-11-9-31-24-50-18-15-30(31)20-33/h5-9,11,13,15-16,18,20-21,24,27,35-40,53,58H,10,12,14,17,19,22-23,25-26,49H2,1-4H3,(H,51,55)/t27-,35?,36?,37?,38+,39+,40+,45+,46+,47-,48+/m1/s1. The van der Waals surface area contributed by atoms with E-state index in [4.69, 9.17) is 15.2 Å². The van der Waals surface area contributed by atoms with Gasteiger partial charge in [0, 0.05) is 39.7 Å². The number of hydrogen-bond donors (Lipinski definition) is 4. The van der Waals surface area contributed by atoms with Crippen LogP contribution in [0.2, 0.25) is 0 Å². The van der Waals surface area contributed by atoms with Crippen LogP contribution in [0.15, 0.2) is 84.7 Å². The number of fused-ring (bicyclic) bond motifs is 6. The summed E-state index contributed by atoms with van der Waals surface area (Å²) in [6, 6.07) is 14.7. The Bertz CT molecular complexity index is 2310. The number of allylic oxidation sites excluding steroid dienone is 4. The smallest absolute Gasteiger partial charge is 0.310 e. The van der Waals surface area contributed by atoms with Crippen LogP contribution >= 0.6 is 0 Å². The van der Waals surface area contributed by atoms with Crippen LogP contribution in [0.25, 0.3) is 10.8 Å². The molecule has 0 aliphatic heterocycles. The number of pyridine rings is 1. The van der Waals surface area contributed by atoms with E-state index in [1.54, 1.807) is 36.7 Å². The van der Waals surface area contributed by atoms with E-state index in [0.29, 0.717) is 37.1 Å². The summed E-state index contributed by atoms with van der Waals surface area (Å²) < 4.78 is 11.0. The Kier molecular flexibility index (Phi) is 10.7. The molecule has 1 aromatic heterocycles. The number of ether oxygens (including phenoxy) is 2. The van der Waals surface area contributed by atoms with Gasteiger partial charge < -0.3 is 30.7 Å². The topological polar surface area (TPSA) is 195 Å². The molecule has 3 aromatic rings. The second kappa shape index (κ2) is 15.5. The summed E-state index contributed by atoms with van der Waals surface area (Å²) in [5.74, 6) is -4.57. The maximum absolute atomic E-state index is 14.0. The molecule has 1 heterocycles. The van der Waals surface area contributed by atoms with Crippen LogP contribution in [0.4, 0.5) is 5.69 Å². The monoisotopic (exact) mass is 817 g/mol. The van der Waals surface area contributed by atoms with Gasteiger partial charge in [-0.05, 0) is 110 Å². The molecule has 4 fully saturated rings. The summed E-state index contributed by atoms with van der Waals surface area (Å²) in [5.41, 5.74) is 5.09. The lowest BCUT2D eigenvalue weighted by Crippen LogP contribution is -2.66. The van der Waals surface area contributed by atoms with Crippen molar-refractivity contribution in [2.24, 2.45) is 51.6 Å². The Hall–Kier alpha value is -5.04. The number of Topliss-reactive ketones (excluding diaryl/α,β-unsaturated/α-hetero) is 1. The summed E-state index contributed by atoms with van der Waals surface area (Å²) in [5, 5.41) is 29.3. The molecule has 12 nitrogen and oxygen atoms in total. The van der Waals surface area contributed by atoms with Crippen molar-refractivity contribution in [3.63, 3.8) is 0 Å². The van der Waals surface area contributed by atoms with Crippen LogP contribution in [0.3, 0.4) is 0 Å². The minimum Gasteiger partial charge on any atom is -0.461 e. The predicted octanol–water partition coefficient (Wildman–Crippen LogP) is 5.74. The first-order valence-corrected chi connectivity index (χ1v) is 21.2. The number of carbonyl (C=O) groups is 5. The normalized spacial score (nSPS) is 34.4. The van der Waals surface area contributed by atoms with Gasteiger partial charge >= 0.3 is 11.9 Å². The molecule has 0 saturated heterocycles. The van der Waals surface area contributed by atoms with Gasteiger partial charge in [-0.15, -0.1) is 0 Å². The fourth-order valence-corrected chi connectivity index (χ4v) is 11.8. The second-order valence-corrected chi connectivity index (χ2v) is 18.6. The van der Waals surface area contributed by atoms with Crippen molar-refractivity contribution in [3.05, 3.63) is 95.9 Å². The molecule has 1 amide bonds. The lowest BCUT2D eigenvalue weighted by molar-refractivity contribution is -0.209. The summed E-state index contributed by atoms with van der Waals surface area (Å²) >= 11 is 0. The third-order valence-corrected chi connectivity index (χ3v) is 15.6. The van der Waals surface area contributed by atoms with E-state index in [0.717, 1.165) is 28.3 Å². The number of nitrogens with one attached hydrogen (secondary N) is 1. The van der Waals surface area contributed by atoms with E-state index in [1.807, 2.05) is 56.3 Å². The maximum Gasteiger partial charge on any atom is 0.310 e. The fraction of sp³-hybridized carbons (Fsp3) is 0.500. The molecule has 5 aliphatic carbocycles. The van der Waals surface area contributed by atoms with Gasteiger partial charge in [-0.3, -0.25) is 29.0 Å². The third-order valence-electron chi connectivity index (χ3n) is 15.6. The quantitative estimate of drug-likeness (QED) is 0.163. The number of esters is 2. The Labute approximate surface area is 350 Å². The molecule has 0 radical (unpaired) electrons. The number of nitrogens with two attached hydrogens (primary N) is 1. The Morgan fingerprint density at radius 1 is 0.967 bits per heavy atom. The number of aromatic nitrogens is 1. The van der Waals surface area contributed by atoms with Crippen molar-refractivity contribution in [2.45, 2.75) is 90.4 Å². The van der Waals surface area contributed by atoms with E-state index in [-0.39, 0.29) is 43.0 Å². The number of amides is 1. The predicted molar refractivity (Wildman–Crippen MR) is 223 cm³/mol. The number of carbonyl (C=O) groups excluding carboxylic acids is 5. The van der Waals surface area contributed by atoms with Gasteiger partial charge in [-0.25, -0.2) is 0 Å². The molecule has 0 spiro atoms. The summed E-state index contributed by atoms with van der Waals surface area (Å²) in [7, 11) is 0. The van der Waals surface area contributed by atoms with Gasteiger partial charge in [0.1, 0.15) is 12.2 Å². The number of nitrogens with zero attached hydrogens (tertiary/aromatic N) is 1. The molecule has 316 valence electrons. The SMILES string of the molecule is C[C@@H]1C[C@H]2[C@@H]3CCC4=CC(=O)C=C[C@]4(C)[C@@]3(C)[C@@H](O)C[C@]2(C)[C@@]1(O)C(=O)COC(=O)C1CC1C(=O)OCc1ccc(C(CCN)C(=O)Nc2ccc3cnccc3c2)cc1. The van der Waals surface area contributed by atoms with E-state index in [1.165, 1.54) is 0 Å². The van der Waals surface area contributed by atoms with Gasteiger partial charge in [0.25, 0.3) is 0 Å². The van der Waals surface area contributed by atoms with Crippen molar-refractivity contribution in [3.8, 4) is 0 Å². The van der Waals surface area contributed by atoms with Gasteiger partial charge in [-0.2, -0.15) is 0 Å². The largest absolute Gasteiger partial charge is 0.461 e. The van der Waals surface area contributed by atoms with Gasteiger partial charge in [0.15, 0.2) is 12.4 Å². The Morgan fingerprint density at radius 2 is 1.70 bits per heavy atom. The van der Waals surface area contributed by atoms with Crippen LogP contribution in [-0.4, -0.2) is 69.5 Å². The molecule has 2 aromatic carbocycles. The fourth-order valence-electron chi connectivity index (χ4n) is 11.8. The zero-order chi connectivity index (χ0) is 42.8. The summed E-state index contributed by atoms with van der Waals surface area (Å²) in [6.07, 6.45) is 10.7. The first-order valence-electron chi connectivity index (χ1n) is 21.2. The number of aliphatic hydroxyl groups is 2. The van der Waals surface area contributed by atoms with Crippen LogP contribution in [0.5, 0.6) is 0 Å². The Morgan fingerprint density at radius 3 is 2.43 bits per heavy atom. The highest BCUT2D eigenvalue weighted by molar-refractivity contribution is 6.01. The van der Waals surface area contributed by atoms with Crippen molar-refractivity contribution < 1.29 is 43.7 Å². The van der Waals surface area contributed by atoms with Gasteiger partial charge in [0.2, 0.25) is 11.7 Å². The first-order chi connectivity index (χ1) is 28.5. The van der Waals surface area contributed by atoms with E-state index < -0.39 is 76.0 Å². The first kappa shape index (κ1) is 41.7. The number of aliphatic hydroxyl groups excluding tert-OH is 1. The zero-order valence-electron chi connectivity index (χ0n) is 34.7. The molecule has 3 unspecified atom stereocenters. The van der Waals surface area contributed by atoms with Gasteiger partial charge in [0.05, 0.1) is 23.9 Å². The highest BCUT2D eigenvalue weighted by Crippen LogP contribution is 2.72. The van der Waals surface area contributed by atoms with E-state index in [9.17, 15) is 34.2 Å². The van der Waals surface area contributed by atoms with Crippen molar-refractivity contribution in [1.82, 2.24) is 4.98 Å². The minimum absolute atomic E-state index is 0.0196. The third kappa shape index (κ3) is 6.71. The summed E-state index contributed by atoms with van der Waals surface area (Å²) in [4.78, 5) is 69.9. The van der Waals surface area contributed by atoms with Crippen LogP contribution < -0.4 is 11.1 Å². The zero-order valence-corrected chi connectivity index (χ0v) is 34.7. The molecular weight excluding hydrogens is 763 g/mol. The van der Waals surface area contributed by atoms with Crippen molar-refractivity contribution in [1.29, 1.82) is 0 Å². The van der Waals surface area contributed by atoms with Crippen molar-refractivity contribution >= 4 is 45.9 Å². The number of ketones is 2. The second-order valence-electron chi connectivity index (χ2n) is 18.6. The van der Waals surface area contributed by atoms with Crippen LogP contribution in [0, 0.1) is 45.8 Å². The van der Waals surface area contributed by atoms with Gasteiger partial charge in [-0.1, -0.05) is 69.7 Å². The number of hydrogen-bond acceptors (Lipinski definition) is 11. The average Bonchev–Trinajstić information content (AvgIpc) is 4.01. The lowest BCUT2D eigenvalue weighted by atomic mass is 9.39. The Balaban J connectivity index is 0.840. The number of benzene rings is 2. The van der Waals surface area contributed by atoms with Crippen molar-refractivity contribution in [2.75, 3.05) is 18.5 Å². The van der Waals surface area contributed by atoms with E-state index in [2.05, 4.69) is 24.1 Å². The molecule has 60 heavy (non-hydrogen) atoms.